The molecule has 5 nitrogen and oxygen atoms in total. The van der Waals surface area contributed by atoms with E-state index < -0.39 is 0 Å². The highest BCUT2D eigenvalue weighted by molar-refractivity contribution is 5.28. The first-order chi connectivity index (χ1) is 9.38. The standard InChI is InChI=1S/C14H24N4O/c1-2-15-10-13-16-17-14(19-13)18-9-5-7-11-6-3-4-8-12(11)18/h11-12,15H,2-10H2,1H3/t11-,12-/m1/s1. The summed E-state index contributed by atoms with van der Waals surface area (Å²) in [6.45, 7) is 4.75. The number of aromatic nitrogens is 2. The number of piperidine rings is 1. The fraction of sp³-hybridized carbons (Fsp3) is 0.857. The van der Waals surface area contributed by atoms with Gasteiger partial charge in [0.05, 0.1) is 6.54 Å². The highest BCUT2D eigenvalue weighted by atomic mass is 16.4. The zero-order valence-corrected chi connectivity index (χ0v) is 11.8. The van der Waals surface area contributed by atoms with Crippen molar-refractivity contribution in [3.8, 4) is 0 Å². The quantitative estimate of drug-likeness (QED) is 0.904. The lowest BCUT2D eigenvalue weighted by Crippen LogP contribution is -2.47. The molecule has 2 fully saturated rings. The van der Waals surface area contributed by atoms with Crippen LogP contribution in [0.25, 0.3) is 0 Å². The Bertz CT molecular complexity index is 404. The van der Waals surface area contributed by atoms with Gasteiger partial charge in [-0.05, 0) is 38.1 Å². The van der Waals surface area contributed by atoms with Gasteiger partial charge in [0.15, 0.2) is 0 Å². The van der Waals surface area contributed by atoms with Gasteiger partial charge in [0.1, 0.15) is 0 Å². The van der Waals surface area contributed by atoms with Crippen LogP contribution in [-0.2, 0) is 6.54 Å². The van der Waals surface area contributed by atoms with Crippen molar-refractivity contribution in [1.29, 1.82) is 0 Å². The first-order valence-corrected chi connectivity index (χ1v) is 7.68. The Morgan fingerprint density at radius 3 is 2.95 bits per heavy atom. The first-order valence-electron chi connectivity index (χ1n) is 7.68. The molecule has 2 aliphatic rings. The van der Waals surface area contributed by atoms with Crippen LogP contribution in [0.1, 0.15) is 51.3 Å². The summed E-state index contributed by atoms with van der Waals surface area (Å²) in [6, 6.07) is 1.37. The third kappa shape index (κ3) is 2.76. The van der Waals surface area contributed by atoms with Gasteiger partial charge in [-0.1, -0.05) is 24.9 Å². The molecule has 19 heavy (non-hydrogen) atoms. The molecule has 1 aromatic rings. The monoisotopic (exact) mass is 264 g/mol. The summed E-state index contributed by atoms with van der Waals surface area (Å²) in [5, 5.41) is 11.6. The normalized spacial score (nSPS) is 27.3. The van der Waals surface area contributed by atoms with E-state index in [0.717, 1.165) is 25.0 Å². The molecule has 0 amide bonds. The van der Waals surface area contributed by atoms with E-state index in [1.807, 2.05) is 0 Å². The number of nitrogens with zero attached hydrogens (tertiary/aromatic N) is 3. The van der Waals surface area contributed by atoms with Gasteiger partial charge in [-0.2, -0.15) is 0 Å². The van der Waals surface area contributed by atoms with E-state index in [4.69, 9.17) is 4.42 Å². The van der Waals surface area contributed by atoms with Crippen LogP contribution in [0.2, 0.25) is 0 Å². The molecule has 1 N–H and O–H groups in total. The number of hydrogen-bond donors (Lipinski definition) is 1. The smallest absolute Gasteiger partial charge is 0.318 e. The largest absolute Gasteiger partial charge is 0.407 e. The molecule has 1 aliphatic heterocycles. The molecular formula is C14H24N4O. The minimum Gasteiger partial charge on any atom is -0.407 e. The average Bonchev–Trinajstić information content (AvgIpc) is 2.93. The zero-order valence-electron chi connectivity index (χ0n) is 11.8. The van der Waals surface area contributed by atoms with Crippen LogP contribution in [0, 0.1) is 5.92 Å². The van der Waals surface area contributed by atoms with Crippen LogP contribution in [0.5, 0.6) is 0 Å². The summed E-state index contributed by atoms with van der Waals surface area (Å²) < 4.78 is 5.82. The number of anilines is 1. The van der Waals surface area contributed by atoms with Crippen molar-refractivity contribution in [2.24, 2.45) is 5.92 Å². The number of nitrogens with one attached hydrogen (secondary N) is 1. The predicted octanol–water partition coefficient (Wildman–Crippen LogP) is 2.34. The van der Waals surface area contributed by atoms with Crippen molar-refractivity contribution < 1.29 is 4.42 Å². The van der Waals surface area contributed by atoms with Crippen molar-refractivity contribution >= 4 is 6.01 Å². The molecule has 0 unspecified atom stereocenters. The number of hydrogen-bond acceptors (Lipinski definition) is 5. The van der Waals surface area contributed by atoms with Gasteiger partial charge in [-0.15, -0.1) is 5.10 Å². The Kier molecular flexibility index (Phi) is 4.01. The summed E-state index contributed by atoms with van der Waals surface area (Å²) in [6.07, 6.45) is 8.03. The molecule has 106 valence electrons. The highest BCUT2D eigenvalue weighted by Crippen LogP contribution is 2.37. The Hall–Kier alpha value is -1.10. The van der Waals surface area contributed by atoms with E-state index in [-0.39, 0.29) is 0 Å². The SMILES string of the molecule is CCNCc1nnc(N2CCC[C@H]3CCCC[C@H]32)o1. The van der Waals surface area contributed by atoms with E-state index in [1.54, 1.807) is 0 Å². The minimum absolute atomic E-state index is 0.634. The van der Waals surface area contributed by atoms with Crippen molar-refractivity contribution in [2.45, 2.75) is 58.0 Å². The highest BCUT2D eigenvalue weighted by Gasteiger charge is 2.35. The molecule has 0 spiro atoms. The molecule has 1 saturated carbocycles. The van der Waals surface area contributed by atoms with Crippen molar-refractivity contribution in [3.63, 3.8) is 0 Å². The third-order valence-corrected chi connectivity index (χ3v) is 4.47. The van der Waals surface area contributed by atoms with Gasteiger partial charge in [0.25, 0.3) is 0 Å². The number of rotatable bonds is 4. The molecular weight excluding hydrogens is 240 g/mol. The molecule has 3 rings (SSSR count). The minimum atomic E-state index is 0.634. The second-order valence-corrected chi connectivity index (χ2v) is 5.71. The van der Waals surface area contributed by atoms with Crippen molar-refractivity contribution in [1.82, 2.24) is 15.5 Å². The number of fused-ring (bicyclic) bond motifs is 1. The van der Waals surface area contributed by atoms with Crippen LogP contribution in [0.3, 0.4) is 0 Å². The van der Waals surface area contributed by atoms with Crippen LogP contribution in [-0.4, -0.2) is 29.3 Å². The van der Waals surface area contributed by atoms with Gasteiger partial charge >= 0.3 is 6.01 Å². The summed E-state index contributed by atoms with van der Waals surface area (Å²) in [5.41, 5.74) is 0. The lowest BCUT2D eigenvalue weighted by molar-refractivity contribution is 0.234. The maximum Gasteiger partial charge on any atom is 0.318 e. The molecule has 1 aliphatic carbocycles. The van der Waals surface area contributed by atoms with E-state index in [0.29, 0.717) is 18.5 Å². The lowest BCUT2D eigenvalue weighted by atomic mass is 9.78. The molecule has 2 atom stereocenters. The van der Waals surface area contributed by atoms with Crippen LogP contribution < -0.4 is 10.2 Å². The summed E-state index contributed by atoms with van der Waals surface area (Å²) in [4.78, 5) is 2.37. The zero-order chi connectivity index (χ0) is 13.1. The molecule has 1 saturated heterocycles. The summed E-state index contributed by atoms with van der Waals surface area (Å²) in [7, 11) is 0. The molecule has 0 radical (unpaired) electrons. The van der Waals surface area contributed by atoms with E-state index in [1.165, 1.54) is 38.5 Å². The fourth-order valence-corrected chi connectivity index (χ4v) is 3.53. The fourth-order valence-electron chi connectivity index (χ4n) is 3.53. The Balaban J connectivity index is 1.70. The van der Waals surface area contributed by atoms with Gasteiger partial charge < -0.3 is 14.6 Å². The maximum absolute atomic E-state index is 5.82. The molecule has 0 aromatic carbocycles. The first kappa shape index (κ1) is 12.9. The predicted molar refractivity (Wildman–Crippen MR) is 74.0 cm³/mol. The van der Waals surface area contributed by atoms with Gasteiger partial charge in [0.2, 0.25) is 5.89 Å². The molecule has 2 heterocycles. The Morgan fingerprint density at radius 2 is 2.05 bits per heavy atom. The van der Waals surface area contributed by atoms with Crippen LogP contribution in [0.15, 0.2) is 4.42 Å². The van der Waals surface area contributed by atoms with Gasteiger partial charge in [-0.3, -0.25) is 0 Å². The second kappa shape index (κ2) is 5.90. The summed E-state index contributed by atoms with van der Waals surface area (Å²) >= 11 is 0. The van der Waals surface area contributed by atoms with Crippen LogP contribution >= 0.6 is 0 Å². The molecule has 0 bridgehead atoms. The topological polar surface area (TPSA) is 54.2 Å². The lowest BCUT2D eigenvalue weighted by Gasteiger charge is -2.43. The van der Waals surface area contributed by atoms with Gasteiger partial charge in [0, 0.05) is 12.6 Å². The Morgan fingerprint density at radius 1 is 1.21 bits per heavy atom. The molecule has 5 heteroatoms. The summed E-state index contributed by atoms with van der Waals surface area (Å²) in [5.74, 6) is 1.54. The van der Waals surface area contributed by atoms with Crippen molar-refractivity contribution in [3.05, 3.63) is 5.89 Å². The van der Waals surface area contributed by atoms with Crippen molar-refractivity contribution in [2.75, 3.05) is 18.0 Å². The van der Waals surface area contributed by atoms with Crippen LogP contribution in [0.4, 0.5) is 6.01 Å². The maximum atomic E-state index is 5.82. The van der Waals surface area contributed by atoms with E-state index >= 15 is 0 Å². The van der Waals surface area contributed by atoms with E-state index in [9.17, 15) is 0 Å². The average molecular weight is 264 g/mol. The third-order valence-electron chi connectivity index (χ3n) is 4.47. The molecule has 1 aromatic heterocycles. The Labute approximate surface area is 114 Å². The second-order valence-electron chi connectivity index (χ2n) is 5.71. The van der Waals surface area contributed by atoms with Gasteiger partial charge in [-0.25, -0.2) is 0 Å². The van der Waals surface area contributed by atoms with E-state index in [2.05, 4.69) is 27.3 Å².